The summed E-state index contributed by atoms with van der Waals surface area (Å²) in [6, 6.07) is 1.87. The Labute approximate surface area is 176 Å². The summed E-state index contributed by atoms with van der Waals surface area (Å²) in [6.07, 6.45) is 0. The first-order valence-electron chi connectivity index (χ1n) is 9.85. The summed E-state index contributed by atoms with van der Waals surface area (Å²) < 4.78 is 1.91. The van der Waals surface area contributed by atoms with Crippen molar-refractivity contribution in [3.8, 4) is 0 Å². The third-order valence-electron chi connectivity index (χ3n) is 4.59. The number of hydrogen-bond acceptors (Lipinski definition) is 6. The molecule has 0 radical (unpaired) electrons. The van der Waals surface area contributed by atoms with E-state index >= 15 is 0 Å². The Kier molecular flexibility index (Phi) is 5.28. The Morgan fingerprint density at radius 2 is 1.79 bits per heavy atom. The van der Waals surface area contributed by atoms with Gasteiger partial charge in [-0.2, -0.15) is 5.10 Å². The van der Waals surface area contributed by atoms with Crippen LogP contribution >= 0.6 is 11.3 Å². The molecule has 0 aliphatic rings. The number of nitrogens with zero attached hydrogens (tertiary/aromatic N) is 5. The summed E-state index contributed by atoms with van der Waals surface area (Å²) in [5.74, 6) is -0.0314. The molecule has 0 saturated carbocycles. The molecule has 0 unspecified atom stereocenters. The highest BCUT2D eigenvalue weighted by Crippen LogP contribution is 2.31. The molecule has 7 nitrogen and oxygen atoms in total. The van der Waals surface area contributed by atoms with E-state index in [4.69, 9.17) is 10.1 Å². The number of aryl methyl sites for hydroxylation is 1. The van der Waals surface area contributed by atoms with Gasteiger partial charge in [0.2, 0.25) is 5.13 Å². The lowest BCUT2D eigenvalue weighted by atomic mass is 9.98. The number of carbonyl (C=O) groups excluding carboxylic acids is 1. The van der Waals surface area contributed by atoms with Crippen LogP contribution in [0, 0.1) is 6.92 Å². The van der Waals surface area contributed by atoms with E-state index in [1.807, 2.05) is 17.7 Å². The molecular formula is C21H30N6OS. The summed E-state index contributed by atoms with van der Waals surface area (Å²) >= 11 is 1.40. The quantitative estimate of drug-likeness (QED) is 0.650. The average Bonchev–Trinajstić information content (AvgIpc) is 3.18. The van der Waals surface area contributed by atoms with Gasteiger partial charge in [-0.1, -0.05) is 46.0 Å². The molecule has 3 rings (SSSR count). The van der Waals surface area contributed by atoms with E-state index in [-0.39, 0.29) is 22.8 Å². The van der Waals surface area contributed by atoms with Crippen LogP contribution in [0.4, 0.5) is 5.13 Å². The summed E-state index contributed by atoms with van der Waals surface area (Å²) in [4.78, 5) is 18.1. The number of anilines is 1. The fraction of sp³-hybridized carbons (Fsp3) is 0.571. The molecule has 1 N–H and O–H groups in total. The Morgan fingerprint density at radius 1 is 1.14 bits per heavy atom. The van der Waals surface area contributed by atoms with Crippen LogP contribution in [0.25, 0.3) is 11.0 Å². The van der Waals surface area contributed by atoms with Gasteiger partial charge in [-0.15, -0.1) is 10.2 Å². The third kappa shape index (κ3) is 4.17. The van der Waals surface area contributed by atoms with Crippen molar-refractivity contribution in [3.05, 3.63) is 28.0 Å². The Hall–Kier alpha value is -2.35. The monoisotopic (exact) mass is 414 g/mol. The van der Waals surface area contributed by atoms with Crippen LogP contribution in [-0.4, -0.2) is 30.9 Å². The number of amides is 1. The molecule has 29 heavy (non-hydrogen) atoms. The van der Waals surface area contributed by atoms with Gasteiger partial charge >= 0.3 is 0 Å². The number of rotatable bonds is 3. The zero-order chi connectivity index (χ0) is 21.7. The van der Waals surface area contributed by atoms with Gasteiger partial charge in [-0.25, -0.2) is 9.67 Å². The molecule has 0 spiro atoms. The third-order valence-corrected chi connectivity index (χ3v) is 5.86. The fourth-order valence-corrected chi connectivity index (χ4v) is 3.79. The minimum absolute atomic E-state index is 0.111. The number of carbonyl (C=O) groups is 1. The smallest absolute Gasteiger partial charge is 0.258 e. The number of pyridine rings is 1. The van der Waals surface area contributed by atoms with Crippen molar-refractivity contribution in [1.29, 1.82) is 0 Å². The van der Waals surface area contributed by atoms with Crippen molar-refractivity contribution >= 4 is 33.4 Å². The van der Waals surface area contributed by atoms with Gasteiger partial charge in [0.25, 0.3) is 5.91 Å². The standard InChI is InChI=1S/C21H30N6OS/c1-11(2)14-10-13(15-12(3)26-27(16(15)22-14)21(7,8)9)17(28)23-19-25-24-18(29-19)20(4,5)6/h10-11H,1-9H3,(H,23,25,28). The predicted molar refractivity (Wildman–Crippen MR) is 118 cm³/mol. The molecular weight excluding hydrogens is 384 g/mol. The van der Waals surface area contributed by atoms with Crippen molar-refractivity contribution in [2.24, 2.45) is 0 Å². The summed E-state index contributed by atoms with van der Waals surface area (Å²) in [5.41, 5.74) is 2.60. The molecule has 0 aromatic carbocycles. The molecule has 0 atom stereocenters. The summed E-state index contributed by atoms with van der Waals surface area (Å²) in [7, 11) is 0. The molecule has 0 aliphatic carbocycles. The number of nitrogens with one attached hydrogen (secondary N) is 1. The van der Waals surface area contributed by atoms with Gasteiger partial charge in [0.05, 0.1) is 22.2 Å². The van der Waals surface area contributed by atoms with Crippen molar-refractivity contribution in [3.63, 3.8) is 0 Å². The molecule has 3 aromatic rings. The van der Waals surface area contributed by atoms with Crippen molar-refractivity contribution in [2.75, 3.05) is 5.32 Å². The predicted octanol–water partition coefficient (Wildman–Crippen LogP) is 5.02. The number of aromatic nitrogens is 5. The maximum atomic E-state index is 13.2. The van der Waals surface area contributed by atoms with Crippen LogP contribution in [0.5, 0.6) is 0 Å². The molecule has 0 aliphatic heterocycles. The molecule has 0 saturated heterocycles. The van der Waals surface area contributed by atoms with Crippen LogP contribution < -0.4 is 5.32 Å². The van der Waals surface area contributed by atoms with E-state index in [0.717, 1.165) is 27.4 Å². The van der Waals surface area contributed by atoms with Gasteiger partial charge in [0.1, 0.15) is 5.01 Å². The van der Waals surface area contributed by atoms with Gasteiger partial charge < -0.3 is 0 Å². The van der Waals surface area contributed by atoms with Gasteiger partial charge in [-0.05, 0) is 39.7 Å². The van der Waals surface area contributed by atoms with Crippen LogP contribution in [0.2, 0.25) is 0 Å². The van der Waals surface area contributed by atoms with Gasteiger partial charge in [-0.3, -0.25) is 10.1 Å². The maximum absolute atomic E-state index is 13.2. The zero-order valence-corrected chi connectivity index (χ0v) is 19.5. The molecule has 156 valence electrons. The molecule has 3 aromatic heterocycles. The second kappa shape index (κ2) is 7.16. The first-order valence-corrected chi connectivity index (χ1v) is 10.7. The Morgan fingerprint density at radius 3 is 2.31 bits per heavy atom. The van der Waals surface area contributed by atoms with E-state index in [9.17, 15) is 4.79 Å². The minimum Gasteiger partial charge on any atom is -0.296 e. The van der Waals surface area contributed by atoms with E-state index in [1.54, 1.807) is 0 Å². The van der Waals surface area contributed by atoms with E-state index in [2.05, 4.69) is 70.9 Å². The number of fused-ring (bicyclic) bond motifs is 1. The summed E-state index contributed by atoms with van der Waals surface area (Å²) in [6.45, 7) is 18.5. The fourth-order valence-electron chi connectivity index (χ4n) is 2.99. The molecule has 3 heterocycles. The molecule has 0 fully saturated rings. The van der Waals surface area contributed by atoms with Crippen LogP contribution in [0.15, 0.2) is 6.07 Å². The first-order chi connectivity index (χ1) is 13.3. The molecule has 0 bridgehead atoms. The average molecular weight is 415 g/mol. The Bertz CT molecular complexity index is 1070. The molecule has 8 heteroatoms. The zero-order valence-electron chi connectivity index (χ0n) is 18.7. The number of hydrogen-bond donors (Lipinski definition) is 1. The molecule has 1 amide bonds. The second-order valence-electron chi connectivity index (χ2n) is 9.73. The maximum Gasteiger partial charge on any atom is 0.258 e. The lowest BCUT2D eigenvalue weighted by Crippen LogP contribution is -2.24. The van der Waals surface area contributed by atoms with Crippen molar-refractivity contribution in [1.82, 2.24) is 25.0 Å². The van der Waals surface area contributed by atoms with Gasteiger partial charge in [0.15, 0.2) is 5.65 Å². The van der Waals surface area contributed by atoms with Gasteiger partial charge in [0, 0.05) is 11.1 Å². The largest absolute Gasteiger partial charge is 0.296 e. The normalized spacial score (nSPS) is 12.8. The lowest BCUT2D eigenvalue weighted by Gasteiger charge is -2.20. The topological polar surface area (TPSA) is 85.6 Å². The van der Waals surface area contributed by atoms with Crippen LogP contribution in [0.1, 0.15) is 88.1 Å². The highest BCUT2D eigenvalue weighted by molar-refractivity contribution is 7.15. The Balaban J connectivity index is 2.11. The SMILES string of the molecule is Cc1nn(C(C)(C)C)c2nc(C(C)C)cc(C(=O)Nc3nnc(C(C)(C)C)s3)c12. The van der Waals surface area contributed by atoms with E-state index in [1.165, 1.54) is 11.3 Å². The van der Waals surface area contributed by atoms with Crippen molar-refractivity contribution in [2.45, 2.75) is 79.2 Å². The second-order valence-corrected chi connectivity index (χ2v) is 10.7. The summed E-state index contributed by atoms with van der Waals surface area (Å²) in [5, 5.41) is 18.2. The highest BCUT2D eigenvalue weighted by Gasteiger charge is 2.26. The van der Waals surface area contributed by atoms with Crippen molar-refractivity contribution < 1.29 is 4.79 Å². The van der Waals surface area contributed by atoms with Crippen LogP contribution in [-0.2, 0) is 11.0 Å². The minimum atomic E-state index is -0.246. The highest BCUT2D eigenvalue weighted by atomic mass is 32.1. The first kappa shape index (κ1) is 21.4. The van der Waals surface area contributed by atoms with E-state index < -0.39 is 0 Å². The lowest BCUT2D eigenvalue weighted by molar-refractivity contribution is 0.102. The van der Waals surface area contributed by atoms with Crippen LogP contribution in [0.3, 0.4) is 0 Å². The van der Waals surface area contributed by atoms with E-state index in [0.29, 0.717) is 10.7 Å².